The lowest BCUT2D eigenvalue weighted by atomic mass is 10.5. The zero-order valence-electron chi connectivity index (χ0n) is 19.1. The Morgan fingerprint density at radius 2 is 1.07 bits per heavy atom. The van der Waals surface area contributed by atoms with Gasteiger partial charge in [-0.15, -0.1) is 0 Å². The summed E-state index contributed by atoms with van der Waals surface area (Å²) in [5, 5.41) is 4.77. The fourth-order valence-electron chi connectivity index (χ4n) is 1.70. The van der Waals surface area contributed by atoms with Crippen LogP contribution in [0.2, 0.25) is 0 Å². The van der Waals surface area contributed by atoms with Gasteiger partial charge in [0.2, 0.25) is 30.1 Å². The normalized spacial score (nSPS) is 20.6. The predicted octanol–water partition coefficient (Wildman–Crippen LogP) is 1.67. The first-order valence-electron chi connectivity index (χ1n) is 10.0. The Labute approximate surface area is 178 Å². The van der Waals surface area contributed by atoms with E-state index in [0.717, 1.165) is 38.5 Å². The lowest BCUT2D eigenvalue weighted by Gasteiger charge is -2.06. The maximum absolute atomic E-state index is 11.0. The molecular formula is C17H41N3O6S3. The van der Waals surface area contributed by atoms with E-state index in [0.29, 0.717) is 0 Å². The second-order valence-electron chi connectivity index (χ2n) is 7.10. The molecule has 0 saturated heterocycles. The number of primary sulfonamides is 1. The van der Waals surface area contributed by atoms with E-state index in [1.807, 2.05) is 27.7 Å². The number of rotatable bonds is 5. The summed E-state index contributed by atoms with van der Waals surface area (Å²) >= 11 is 0. The predicted molar refractivity (Wildman–Crippen MR) is 120 cm³/mol. The SMILES string of the molecule is CC.CC.CC1(S(N)(=O)=O)CC1.CNS(=O)(=O)C1(C)CC1.CNS(=O)(=O)C1CC1. The van der Waals surface area contributed by atoms with Gasteiger partial charge in [0.05, 0.1) is 14.7 Å². The maximum Gasteiger partial charge on any atom is 0.216 e. The first-order valence-corrected chi connectivity index (χ1v) is 14.6. The quantitative estimate of drug-likeness (QED) is 0.545. The first-order chi connectivity index (χ1) is 13.1. The van der Waals surface area contributed by atoms with Gasteiger partial charge in [-0.3, -0.25) is 0 Å². The maximum atomic E-state index is 11.0. The molecule has 178 valence electrons. The van der Waals surface area contributed by atoms with Crippen molar-refractivity contribution in [3.63, 3.8) is 0 Å². The van der Waals surface area contributed by atoms with Gasteiger partial charge in [0.1, 0.15) is 0 Å². The van der Waals surface area contributed by atoms with Crippen LogP contribution in [0.4, 0.5) is 0 Å². The van der Waals surface area contributed by atoms with Crippen LogP contribution in [0.3, 0.4) is 0 Å². The van der Waals surface area contributed by atoms with E-state index in [9.17, 15) is 25.3 Å². The largest absolute Gasteiger partial charge is 0.228 e. The molecule has 0 aliphatic heterocycles. The molecule has 3 aliphatic rings. The van der Waals surface area contributed by atoms with Crippen LogP contribution in [0.15, 0.2) is 0 Å². The Kier molecular flexibility index (Phi) is 12.7. The lowest BCUT2D eigenvalue weighted by Crippen LogP contribution is -2.30. The fraction of sp³-hybridized carbons (Fsp3) is 1.00. The first kappa shape index (κ1) is 30.9. The van der Waals surface area contributed by atoms with Gasteiger partial charge in [-0.1, -0.05) is 27.7 Å². The third-order valence-corrected chi connectivity index (χ3v) is 10.7. The van der Waals surface area contributed by atoms with Gasteiger partial charge in [0.15, 0.2) is 0 Å². The van der Waals surface area contributed by atoms with Crippen molar-refractivity contribution < 1.29 is 25.3 Å². The number of nitrogens with one attached hydrogen (secondary N) is 2. The summed E-state index contributed by atoms with van der Waals surface area (Å²) < 4.78 is 67.8. The molecule has 0 aromatic carbocycles. The summed E-state index contributed by atoms with van der Waals surface area (Å²) in [6, 6.07) is 0. The molecule has 29 heavy (non-hydrogen) atoms. The van der Waals surface area contributed by atoms with Gasteiger partial charge >= 0.3 is 0 Å². The third-order valence-electron chi connectivity index (χ3n) is 4.76. The number of hydrogen-bond donors (Lipinski definition) is 3. The van der Waals surface area contributed by atoms with Gasteiger partial charge in [-0.2, -0.15) is 0 Å². The number of sulfonamides is 3. The molecule has 0 aromatic rings. The Hall–Kier alpha value is -0.270. The highest BCUT2D eigenvalue weighted by Gasteiger charge is 2.49. The van der Waals surface area contributed by atoms with Crippen LogP contribution >= 0.6 is 0 Å². The molecule has 12 heteroatoms. The van der Waals surface area contributed by atoms with Crippen molar-refractivity contribution in [3.05, 3.63) is 0 Å². The Balaban J connectivity index is 0. The zero-order valence-corrected chi connectivity index (χ0v) is 21.5. The van der Waals surface area contributed by atoms with Crippen LogP contribution < -0.4 is 14.6 Å². The van der Waals surface area contributed by atoms with Crippen molar-refractivity contribution in [1.29, 1.82) is 0 Å². The molecule has 3 aliphatic carbocycles. The van der Waals surface area contributed by atoms with Crippen LogP contribution in [-0.2, 0) is 30.1 Å². The molecule has 0 unspecified atom stereocenters. The van der Waals surface area contributed by atoms with Crippen molar-refractivity contribution in [1.82, 2.24) is 9.44 Å². The highest BCUT2D eigenvalue weighted by Crippen LogP contribution is 2.42. The van der Waals surface area contributed by atoms with Crippen LogP contribution in [-0.4, -0.2) is 54.1 Å². The van der Waals surface area contributed by atoms with E-state index < -0.39 is 39.6 Å². The highest BCUT2D eigenvalue weighted by atomic mass is 32.2. The molecule has 9 nitrogen and oxygen atoms in total. The molecule has 0 atom stereocenters. The van der Waals surface area contributed by atoms with E-state index >= 15 is 0 Å². The van der Waals surface area contributed by atoms with Gasteiger partial charge in [0.25, 0.3) is 0 Å². The molecule has 0 radical (unpaired) electrons. The van der Waals surface area contributed by atoms with E-state index in [1.54, 1.807) is 13.8 Å². The minimum atomic E-state index is -3.23. The minimum Gasteiger partial charge on any atom is -0.228 e. The monoisotopic (exact) mass is 479 g/mol. The van der Waals surface area contributed by atoms with E-state index in [-0.39, 0.29) is 5.25 Å². The molecule has 0 heterocycles. The number of hydrogen-bond acceptors (Lipinski definition) is 6. The van der Waals surface area contributed by atoms with Crippen LogP contribution in [0.5, 0.6) is 0 Å². The van der Waals surface area contributed by atoms with Crippen molar-refractivity contribution in [3.8, 4) is 0 Å². The van der Waals surface area contributed by atoms with Crippen molar-refractivity contribution in [2.75, 3.05) is 14.1 Å². The molecule has 0 amide bonds. The van der Waals surface area contributed by atoms with Crippen LogP contribution in [0, 0.1) is 0 Å². The Morgan fingerprint density at radius 1 is 0.724 bits per heavy atom. The van der Waals surface area contributed by atoms with Crippen molar-refractivity contribution >= 4 is 30.1 Å². The van der Waals surface area contributed by atoms with Gasteiger partial charge in [0, 0.05) is 0 Å². The molecule has 3 saturated carbocycles. The molecular weight excluding hydrogens is 438 g/mol. The molecule has 0 bridgehead atoms. The lowest BCUT2D eigenvalue weighted by molar-refractivity contribution is 0.573. The third kappa shape index (κ3) is 10.1. The average Bonchev–Trinajstić information content (AvgIpc) is 3.51. The van der Waals surface area contributed by atoms with Gasteiger partial charge in [-0.05, 0) is 66.5 Å². The zero-order chi connectivity index (χ0) is 23.7. The second-order valence-corrected chi connectivity index (χ2v) is 13.7. The standard InChI is InChI=1S/C5H11NO2S.2C4H9NO2S.2C2H6/c1-5(3-4-5)9(7,8)6-2;1-5-8(6,7)4-2-3-4;1-4(2-3-4)8(5,6)7;2*1-2/h6H,3-4H2,1-2H3;4-5H,2-3H2,1H3;2-3H2,1H3,(H2,5,6,7);2*1-2H3. The topological polar surface area (TPSA) is 152 Å². The smallest absolute Gasteiger partial charge is 0.216 e. The highest BCUT2D eigenvalue weighted by molar-refractivity contribution is 7.91. The second kappa shape index (κ2) is 11.9. The summed E-state index contributed by atoms with van der Waals surface area (Å²) in [5.74, 6) is 0. The minimum absolute atomic E-state index is 0.0764. The van der Waals surface area contributed by atoms with E-state index in [2.05, 4.69) is 9.44 Å². The average molecular weight is 480 g/mol. The molecule has 3 rings (SSSR count). The molecule has 0 spiro atoms. The summed E-state index contributed by atoms with van der Waals surface area (Å²) in [6.07, 6.45) is 4.73. The molecule has 3 fully saturated rings. The van der Waals surface area contributed by atoms with Crippen LogP contribution in [0.25, 0.3) is 0 Å². The van der Waals surface area contributed by atoms with E-state index in [4.69, 9.17) is 5.14 Å². The van der Waals surface area contributed by atoms with Crippen LogP contribution in [0.1, 0.15) is 80.1 Å². The van der Waals surface area contributed by atoms with Gasteiger partial charge in [-0.25, -0.2) is 39.8 Å². The Morgan fingerprint density at radius 3 is 1.14 bits per heavy atom. The van der Waals surface area contributed by atoms with E-state index in [1.165, 1.54) is 14.1 Å². The van der Waals surface area contributed by atoms with Crippen molar-refractivity contribution in [2.45, 2.75) is 94.8 Å². The fourth-order valence-corrected chi connectivity index (χ4v) is 4.59. The van der Waals surface area contributed by atoms with Crippen molar-refractivity contribution in [2.24, 2.45) is 5.14 Å². The Bertz CT molecular complexity index is 768. The summed E-state index contributed by atoms with van der Waals surface area (Å²) in [5.41, 5.74) is 0. The number of nitrogens with two attached hydrogens (primary N) is 1. The summed E-state index contributed by atoms with van der Waals surface area (Å²) in [6.45, 7) is 11.4. The molecule has 0 aromatic heterocycles. The summed E-state index contributed by atoms with van der Waals surface area (Å²) in [4.78, 5) is 0. The summed E-state index contributed by atoms with van der Waals surface area (Å²) in [7, 11) is -6.17. The van der Waals surface area contributed by atoms with Gasteiger partial charge < -0.3 is 0 Å². The molecule has 4 N–H and O–H groups in total.